The summed E-state index contributed by atoms with van der Waals surface area (Å²) in [4.78, 5) is 0. The third-order valence-corrected chi connectivity index (χ3v) is 2.97. The van der Waals surface area contributed by atoms with E-state index in [1.54, 1.807) is 18.2 Å². The SMILES string of the molecule is Cc1cc(F)c(C(O)c2cccc(Cl)c2)cc1F. The van der Waals surface area contributed by atoms with E-state index in [9.17, 15) is 13.9 Å². The van der Waals surface area contributed by atoms with Gasteiger partial charge in [0.2, 0.25) is 0 Å². The van der Waals surface area contributed by atoms with E-state index in [1.165, 1.54) is 13.0 Å². The highest BCUT2D eigenvalue weighted by Crippen LogP contribution is 2.27. The molecule has 0 aliphatic heterocycles. The first-order valence-corrected chi connectivity index (χ1v) is 5.76. The van der Waals surface area contributed by atoms with Crippen LogP contribution >= 0.6 is 11.6 Å². The number of aliphatic hydroxyl groups excluding tert-OH is 1. The second-order valence-electron chi connectivity index (χ2n) is 4.08. The van der Waals surface area contributed by atoms with Crippen molar-refractivity contribution >= 4 is 11.6 Å². The third kappa shape index (κ3) is 2.52. The average molecular weight is 269 g/mol. The highest BCUT2D eigenvalue weighted by molar-refractivity contribution is 6.30. The van der Waals surface area contributed by atoms with Crippen LogP contribution in [0.5, 0.6) is 0 Å². The number of aryl methyl sites for hydroxylation is 1. The van der Waals surface area contributed by atoms with Crippen molar-refractivity contribution in [3.63, 3.8) is 0 Å². The molecule has 0 heterocycles. The molecular formula is C14H11ClF2O. The molecule has 1 N–H and O–H groups in total. The lowest BCUT2D eigenvalue weighted by molar-refractivity contribution is 0.214. The Balaban J connectivity index is 2.46. The van der Waals surface area contributed by atoms with Gasteiger partial charge in [-0.1, -0.05) is 23.7 Å². The van der Waals surface area contributed by atoms with Crippen LogP contribution in [0.4, 0.5) is 8.78 Å². The molecular weight excluding hydrogens is 258 g/mol. The minimum Gasteiger partial charge on any atom is -0.384 e. The lowest BCUT2D eigenvalue weighted by Gasteiger charge is -2.13. The largest absolute Gasteiger partial charge is 0.384 e. The Bertz CT molecular complexity index is 584. The molecule has 0 fully saturated rings. The van der Waals surface area contributed by atoms with Gasteiger partial charge in [-0.25, -0.2) is 8.78 Å². The Morgan fingerprint density at radius 1 is 1.11 bits per heavy atom. The number of hydrogen-bond donors (Lipinski definition) is 1. The number of halogens is 3. The van der Waals surface area contributed by atoms with Gasteiger partial charge in [-0.15, -0.1) is 0 Å². The zero-order chi connectivity index (χ0) is 13.3. The maximum Gasteiger partial charge on any atom is 0.129 e. The molecule has 1 atom stereocenters. The standard InChI is InChI=1S/C14H11ClF2O/c1-8-5-13(17)11(7-12(8)16)14(18)9-3-2-4-10(15)6-9/h2-7,14,18H,1H3. The van der Waals surface area contributed by atoms with Gasteiger partial charge in [0.1, 0.15) is 17.7 Å². The summed E-state index contributed by atoms with van der Waals surface area (Å²) >= 11 is 5.79. The van der Waals surface area contributed by atoms with Crippen LogP contribution in [-0.2, 0) is 0 Å². The van der Waals surface area contributed by atoms with Gasteiger partial charge in [0, 0.05) is 10.6 Å². The van der Waals surface area contributed by atoms with Crippen LogP contribution in [-0.4, -0.2) is 5.11 Å². The number of benzene rings is 2. The Hall–Kier alpha value is -1.45. The minimum absolute atomic E-state index is 0.0969. The quantitative estimate of drug-likeness (QED) is 0.873. The van der Waals surface area contributed by atoms with Gasteiger partial charge in [-0.05, 0) is 42.3 Å². The van der Waals surface area contributed by atoms with Crippen LogP contribution in [0.25, 0.3) is 0 Å². The summed E-state index contributed by atoms with van der Waals surface area (Å²) in [6.45, 7) is 1.47. The summed E-state index contributed by atoms with van der Waals surface area (Å²) in [6, 6.07) is 8.49. The molecule has 0 saturated carbocycles. The van der Waals surface area contributed by atoms with E-state index in [4.69, 9.17) is 11.6 Å². The van der Waals surface area contributed by atoms with E-state index < -0.39 is 17.7 Å². The van der Waals surface area contributed by atoms with E-state index in [1.807, 2.05) is 0 Å². The van der Waals surface area contributed by atoms with Gasteiger partial charge in [-0.2, -0.15) is 0 Å². The minimum atomic E-state index is -1.24. The monoisotopic (exact) mass is 268 g/mol. The molecule has 0 aliphatic rings. The van der Waals surface area contributed by atoms with Gasteiger partial charge >= 0.3 is 0 Å². The van der Waals surface area contributed by atoms with Gasteiger partial charge in [0.25, 0.3) is 0 Å². The van der Waals surface area contributed by atoms with Crippen molar-refractivity contribution in [2.45, 2.75) is 13.0 Å². The fourth-order valence-electron chi connectivity index (χ4n) is 1.73. The van der Waals surface area contributed by atoms with Crippen LogP contribution < -0.4 is 0 Å². The second kappa shape index (κ2) is 5.04. The predicted molar refractivity (Wildman–Crippen MR) is 66.6 cm³/mol. The average Bonchev–Trinajstić information content (AvgIpc) is 2.33. The van der Waals surface area contributed by atoms with Crippen molar-refractivity contribution in [1.29, 1.82) is 0 Å². The van der Waals surface area contributed by atoms with Crippen molar-refractivity contribution in [2.24, 2.45) is 0 Å². The first-order valence-electron chi connectivity index (χ1n) is 5.38. The molecule has 0 bridgehead atoms. The Morgan fingerprint density at radius 3 is 2.50 bits per heavy atom. The van der Waals surface area contributed by atoms with Crippen LogP contribution in [0, 0.1) is 18.6 Å². The maximum absolute atomic E-state index is 13.7. The lowest BCUT2D eigenvalue weighted by atomic mass is 9.99. The maximum atomic E-state index is 13.7. The molecule has 0 radical (unpaired) electrons. The fraction of sp³-hybridized carbons (Fsp3) is 0.143. The number of rotatable bonds is 2. The molecule has 0 saturated heterocycles. The predicted octanol–water partition coefficient (Wildman–Crippen LogP) is 4.01. The third-order valence-electron chi connectivity index (χ3n) is 2.74. The summed E-state index contributed by atoms with van der Waals surface area (Å²) in [7, 11) is 0. The summed E-state index contributed by atoms with van der Waals surface area (Å²) in [5, 5.41) is 10.5. The highest BCUT2D eigenvalue weighted by Gasteiger charge is 2.17. The molecule has 94 valence electrons. The molecule has 0 aromatic heterocycles. The molecule has 0 amide bonds. The Labute approximate surface area is 109 Å². The highest BCUT2D eigenvalue weighted by atomic mass is 35.5. The van der Waals surface area contributed by atoms with Gasteiger partial charge in [0.15, 0.2) is 0 Å². The topological polar surface area (TPSA) is 20.2 Å². The molecule has 2 aromatic rings. The normalized spacial score (nSPS) is 12.5. The summed E-state index contributed by atoms with van der Waals surface area (Å²) in [6.07, 6.45) is -1.24. The zero-order valence-electron chi connectivity index (χ0n) is 9.62. The van der Waals surface area contributed by atoms with Crippen molar-refractivity contribution in [3.05, 3.63) is 69.7 Å². The second-order valence-corrected chi connectivity index (χ2v) is 4.52. The van der Waals surface area contributed by atoms with E-state index >= 15 is 0 Å². The number of hydrogen-bond acceptors (Lipinski definition) is 1. The fourth-order valence-corrected chi connectivity index (χ4v) is 1.93. The molecule has 0 spiro atoms. The molecule has 4 heteroatoms. The van der Waals surface area contributed by atoms with Crippen molar-refractivity contribution in [3.8, 4) is 0 Å². The van der Waals surface area contributed by atoms with Gasteiger partial charge < -0.3 is 5.11 Å². The van der Waals surface area contributed by atoms with Crippen LogP contribution in [0.1, 0.15) is 22.8 Å². The van der Waals surface area contributed by atoms with E-state index in [0.717, 1.165) is 12.1 Å². The number of aliphatic hydroxyl groups is 1. The van der Waals surface area contributed by atoms with Crippen molar-refractivity contribution in [2.75, 3.05) is 0 Å². The van der Waals surface area contributed by atoms with Crippen LogP contribution in [0.2, 0.25) is 5.02 Å². The summed E-state index contributed by atoms with van der Waals surface area (Å²) in [5.41, 5.74) is 0.527. The Kier molecular flexibility index (Phi) is 3.64. The molecule has 0 aliphatic carbocycles. The molecule has 18 heavy (non-hydrogen) atoms. The van der Waals surface area contributed by atoms with Gasteiger partial charge in [0.05, 0.1) is 0 Å². The molecule has 2 aromatic carbocycles. The summed E-state index contributed by atoms with van der Waals surface area (Å²) in [5.74, 6) is -1.19. The lowest BCUT2D eigenvalue weighted by Crippen LogP contribution is -2.04. The molecule has 2 rings (SSSR count). The van der Waals surface area contributed by atoms with Gasteiger partial charge in [-0.3, -0.25) is 0 Å². The van der Waals surface area contributed by atoms with Crippen LogP contribution in [0.3, 0.4) is 0 Å². The van der Waals surface area contributed by atoms with E-state index in [2.05, 4.69) is 0 Å². The summed E-state index contributed by atoms with van der Waals surface area (Å²) < 4.78 is 27.1. The van der Waals surface area contributed by atoms with Crippen LogP contribution in [0.15, 0.2) is 36.4 Å². The zero-order valence-corrected chi connectivity index (χ0v) is 10.4. The molecule has 1 nitrogen and oxygen atoms in total. The van der Waals surface area contributed by atoms with Crippen molar-refractivity contribution < 1.29 is 13.9 Å². The molecule has 1 unspecified atom stereocenters. The van der Waals surface area contributed by atoms with E-state index in [0.29, 0.717) is 10.6 Å². The first kappa shape index (κ1) is 13.0. The Morgan fingerprint density at radius 2 is 1.83 bits per heavy atom. The smallest absolute Gasteiger partial charge is 0.129 e. The first-order chi connectivity index (χ1) is 8.49. The van der Waals surface area contributed by atoms with E-state index in [-0.39, 0.29) is 11.1 Å². The van der Waals surface area contributed by atoms with Crippen molar-refractivity contribution in [1.82, 2.24) is 0 Å².